The summed E-state index contributed by atoms with van der Waals surface area (Å²) in [5.74, 6) is 0.188. The number of aliphatic hydroxyl groups is 1. The number of hydrogen-bond acceptors (Lipinski definition) is 4. The van der Waals surface area contributed by atoms with Crippen LogP contribution in [0.2, 0.25) is 0 Å². The van der Waals surface area contributed by atoms with Gasteiger partial charge in [-0.2, -0.15) is 0 Å². The highest BCUT2D eigenvalue weighted by atomic mass is 16.4. The van der Waals surface area contributed by atoms with Crippen molar-refractivity contribution in [3.8, 4) is 0 Å². The number of rotatable bonds is 5. The molecule has 0 heterocycles. The molecule has 0 bridgehead atoms. The minimum absolute atomic E-state index is 0.108. The van der Waals surface area contributed by atoms with E-state index in [1.54, 1.807) is 6.92 Å². The first kappa shape index (κ1) is 12.2. The van der Waals surface area contributed by atoms with Crippen molar-refractivity contribution in [2.45, 2.75) is 32.4 Å². The van der Waals surface area contributed by atoms with Crippen molar-refractivity contribution in [1.29, 1.82) is 0 Å². The van der Waals surface area contributed by atoms with Gasteiger partial charge in [0.25, 0.3) is 0 Å². The van der Waals surface area contributed by atoms with Gasteiger partial charge in [-0.15, -0.1) is 0 Å². The number of aliphatic hydroxyl groups excluding tert-OH is 1. The third kappa shape index (κ3) is 4.69. The summed E-state index contributed by atoms with van der Waals surface area (Å²) in [6.07, 6.45) is 0.362. The first-order valence-electron chi connectivity index (χ1n) is 4.34. The van der Waals surface area contributed by atoms with E-state index in [2.05, 4.69) is 5.16 Å². The molecule has 0 amide bonds. The Bertz CT molecular complexity index is 171. The molecule has 0 rings (SSSR count). The van der Waals surface area contributed by atoms with E-state index in [-0.39, 0.29) is 18.0 Å². The molecule has 0 aliphatic heterocycles. The Morgan fingerprint density at radius 3 is 2.46 bits per heavy atom. The lowest BCUT2D eigenvalue weighted by Gasteiger charge is -2.23. The van der Waals surface area contributed by atoms with E-state index in [1.165, 1.54) is 0 Å². The summed E-state index contributed by atoms with van der Waals surface area (Å²) >= 11 is 0. The third-order valence-corrected chi connectivity index (χ3v) is 2.10. The fraction of sp³-hybridized carbons (Fsp3) is 0.875. The maximum atomic E-state index is 9.04. The fourth-order valence-electron chi connectivity index (χ4n) is 0.893. The van der Waals surface area contributed by atoms with Gasteiger partial charge in [-0.3, -0.25) is 4.90 Å². The van der Waals surface area contributed by atoms with Crippen molar-refractivity contribution in [2.75, 3.05) is 13.6 Å². The average molecular weight is 189 g/mol. The number of oxime groups is 1. The van der Waals surface area contributed by atoms with Crippen LogP contribution in [0.5, 0.6) is 0 Å². The van der Waals surface area contributed by atoms with E-state index in [9.17, 15) is 0 Å². The van der Waals surface area contributed by atoms with E-state index in [0.29, 0.717) is 6.42 Å². The number of likely N-dealkylation sites (N-methyl/N-ethyl adjacent to an activating group) is 1. The van der Waals surface area contributed by atoms with Crippen LogP contribution in [0.15, 0.2) is 5.16 Å². The lowest BCUT2D eigenvalue weighted by molar-refractivity contribution is 0.160. The topological polar surface area (TPSA) is 82.1 Å². The van der Waals surface area contributed by atoms with Gasteiger partial charge in [0.15, 0.2) is 5.84 Å². The lowest BCUT2D eigenvalue weighted by Crippen LogP contribution is -2.41. The van der Waals surface area contributed by atoms with Gasteiger partial charge in [-0.05, 0) is 27.3 Å². The quantitative estimate of drug-likeness (QED) is 0.242. The first-order chi connectivity index (χ1) is 5.99. The SMILES string of the molecule is CC(O)CCN(C)C(C)C(N)=NO. The van der Waals surface area contributed by atoms with Crippen molar-refractivity contribution in [3.05, 3.63) is 0 Å². The smallest absolute Gasteiger partial charge is 0.156 e. The van der Waals surface area contributed by atoms with Crippen LogP contribution in [0, 0.1) is 0 Å². The van der Waals surface area contributed by atoms with Gasteiger partial charge in [-0.1, -0.05) is 5.16 Å². The number of nitrogens with two attached hydrogens (primary N) is 1. The molecule has 0 aliphatic rings. The largest absolute Gasteiger partial charge is 0.409 e. The minimum Gasteiger partial charge on any atom is -0.409 e. The lowest BCUT2D eigenvalue weighted by atomic mass is 10.2. The van der Waals surface area contributed by atoms with Crippen LogP contribution >= 0.6 is 0 Å². The average Bonchev–Trinajstić information content (AvgIpc) is 2.11. The predicted octanol–water partition coefficient (Wildman–Crippen LogP) is -0.176. The summed E-state index contributed by atoms with van der Waals surface area (Å²) in [6, 6.07) is -0.108. The van der Waals surface area contributed by atoms with Crippen molar-refractivity contribution in [1.82, 2.24) is 4.90 Å². The number of hydrogen-bond donors (Lipinski definition) is 3. The van der Waals surface area contributed by atoms with Gasteiger partial charge >= 0.3 is 0 Å². The zero-order valence-corrected chi connectivity index (χ0v) is 8.44. The molecule has 0 aromatic carbocycles. The van der Waals surface area contributed by atoms with Crippen LogP contribution in [-0.2, 0) is 0 Å². The Morgan fingerprint density at radius 2 is 2.08 bits per heavy atom. The molecule has 0 spiro atoms. The molecule has 4 N–H and O–H groups in total. The van der Waals surface area contributed by atoms with Crippen molar-refractivity contribution in [2.24, 2.45) is 10.9 Å². The molecule has 0 fully saturated rings. The van der Waals surface area contributed by atoms with Crippen LogP contribution < -0.4 is 5.73 Å². The standard InChI is InChI=1S/C8H19N3O2/c1-6(12)4-5-11(3)7(2)8(9)10-13/h6-7,12-13H,4-5H2,1-3H3,(H2,9,10). The Morgan fingerprint density at radius 1 is 1.54 bits per heavy atom. The summed E-state index contributed by atoms with van der Waals surface area (Å²) in [5, 5.41) is 20.4. The Balaban J connectivity index is 3.89. The van der Waals surface area contributed by atoms with E-state index < -0.39 is 0 Å². The summed E-state index contributed by atoms with van der Waals surface area (Å²) < 4.78 is 0. The molecule has 2 atom stereocenters. The monoisotopic (exact) mass is 189 g/mol. The molecule has 0 aliphatic carbocycles. The molecule has 0 aromatic heterocycles. The minimum atomic E-state index is -0.318. The normalized spacial score (nSPS) is 17.5. The molecule has 0 saturated heterocycles. The molecule has 0 radical (unpaired) electrons. The van der Waals surface area contributed by atoms with Gasteiger partial charge < -0.3 is 16.0 Å². The van der Waals surface area contributed by atoms with Crippen LogP contribution in [0.3, 0.4) is 0 Å². The third-order valence-electron chi connectivity index (χ3n) is 2.10. The van der Waals surface area contributed by atoms with E-state index in [0.717, 1.165) is 6.54 Å². The van der Waals surface area contributed by atoms with Crippen molar-refractivity contribution >= 4 is 5.84 Å². The van der Waals surface area contributed by atoms with E-state index >= 15 is 0 Å². The molecular formula is C8H19N3O2. The Kier molecular flexibility index (Phi) is 5.41. The molecule has 0 saturated carbocycles. The predicted molar refractivity (Wildman–Crippen MR) is 51.8 cm³/mol. The van der Waals surface area contributed by atoms with Gasteiger partial charge in [0.05, 0.1) is 12.1 Å². The fourth-order valence-corrected chi connectivity index (χ4v) is 0.893. The van der Waals surface area contributed by atoms with Crippen molar-refractivity contribution < 1.29 is 10.3 Å². The summed E-state index contributed by atoms with van der Waals surface area (Å²) in [6.45, 7) is 4.30. The van der Waals surface area contributed by atoms with Crippen LogP contribution in [0.1, 0.15) is 20.3 Å². The summed E-state index contributed by atoms with van der Waals surface area (Å²) in [7, 11) is 1.87. The highest BCUT2D eigenvalue weighted by Crippen LogP contribution is 1.99. The molecular weight excluding hydrogens is 170 g/mol. The summed E-state index contributed by atoms with van der Waals surface area (Å²) in [5.41, 5.74) is 5.42. The molecule has 5 nitrogen and oxygen atoms in total. The van der Waals surface area contributed by atoms with Crippen LogP contribution in [0.4, 0.5) is 0 Å². The van der Waals surface area contributed by atoms with E-state index in [1.807, 2.05) is 18.9 Å². The van der Waals surface area contributed by atoms with Crippen molar-refractivity contribution in [3.63, 3.8) is 0 Å². The highest BCUT2D eigenvalue weighted by molar-refractivity contribution is 5.84. The second-order valence-electron chi connectivity index (χ2n) is 3.32. The van der Waals surface area contributed by atoms with Gasteiger partial charge in [0.1, 0.15) is 0 Å². The molecule has 78 valence electrons. The number of nitrogens with zero attached hydrogens (tertiary/aromatic N) is 2. The summed E-state index contributed by atoms with van der Waals surface area (Å²) in [4.78, 5) is 1.92. The first-order valence-corrected chi connectivity index (χ1v) is 4.34. The van der Waals surface area contributed by atoms with Gasteiger partial charge in [0.2, 0.25) is 0 Å². The van der Waals surface area contributed by atoms with Crippen LogP contribution in [-0.4, -0.2) is 46.8 Å². The molecule has 13 heavy (non-hydrogen) atoms. The number of amidine groups is 1. The molecule has 0 aromatic rings. The van der Waals surface area contributed by atoms with E-state index in [4.69, 9.17) is 16.0 Å². The maximum Gasteiger partial charge on any atom is 0.156 e. The molecule has 5 heteroatoms. The second-order valence-corrected chi connectivity index (χ2v) is 3.32. The Hall–Kier alpha value is -0.810. The van der Waals surface area contributed by atoms with Gasteiger partial charge in [0, 0.05) is 6.54 Å². The zero-order valence-electron chi connectivity index (χ0n) is 8.44. The second kappa shape index (κ2) is 5.77. The maximum absolute atomic E-state index is 9.04. The van der Waals surface area contributed by atoms with Crippen LogP contribution in [0.25, 0.3) is 0 Å². The van der Waals surface area contributed by atoms with Gasteiger partial charge in [-0.25, -0.2) is 0 Å². The molecule has 2 unspecified atom stereocenters. The zero-order chi connectivity index (χ0) is 10.4. The highest BCUT2D eigenvalue weighted by Gasteiger charge is 2.13. The Labute approximate surface area is 78.8 Å².